The van der Waals surface area contributed by atoms with Gasteiger partial charge >= 0.3 is 0 Å². The number of hydrogen-bond acceptors (Lipinski definition) is 4. The molecule has 7 heteroatoms. The molecule has 0 bridgehead atoms. The SMILES string of the molecule is CC(C)n1ncc(C(C#N)c2nc3ccccc3n2C)c(Cl)c1=O. The van der Waals surface area contributed by atoms with Crippen LogP contribution in [0.25, 0.3) is 11.0 Å². The van der Waals surface area contributed by atoms with E-state index >= 15 is 0 Å². The Morgan fingerprint density at radius 2 is 2.00 bits per heavy atom. The predicted octanol–water partition coefficient (Wildman–Crippen LogP) is 3.02. The van der Waals surface area contributed by atoms with Crippen molar-refractivity contribution in [3.05, 3.63) is 57.2 Å². The second kappa shape index (κ2) is 6.10. The van der Waals surface area contributed by atoms with E-state index in [4.69, 9.17) is 11.6 Å². The Balaban J connectivity index is 2.19. The fraction of sp³-hybridized carbons (Fsp3) is 0.294. The van der Waals surface area contributed by atoms with Gasteiger partial charge in [-0.25, -0.2) is 9.67 Å². The smallest absolute Gasteiger partial charge is 0.286 e. The zero-order valence-corrected chi connectivity index (χ0v) is 14.3. The Morgan fingerprint density at radius 1 is 1.29 bits per heavy atom. The van der Waals surface area contributed by atoms with Crippen LogP contribution in [-0.2, 0) is 7.05 Å². The normalized spacial score (nSPS) is 12.5. The number of nitrogens with zero attached hydrogens (tertiary/aromatic N) is 5. The maximum atomic E-state index is 12.4. The summed E-state index contributed by atoms with van der Waals surface area (Å²) in [4.78, 5) is 16.9. The van der Waals surface area contributed by atoms with Crippen LogP contribution in [0.5, 0.6) is 0 Å². The molecule has 0 fully saturated rings. The Kier molecular flexibility index (Phi) is 4.12. The van der Waals surface area contributed by atoms with Crippen molar-refractivity contribution < 1.29 is 0 Å². The molecule has 0 aliphatic carbocycles. The zero-order valence-electron chi connectivity index (χ0n) is 13.6. The molecule has 122 valence electrons. The number of fused-ring (bicyclic) bond motifs is 1. The lowest BCUT2D eigenvalue weighted by Gasteiger charge is -2.14. The molecule has 2 heterocycles. The number of aryl methyl sites for hydroxylation is 1. The molecular formula is C17H16ClN5O. The van der Waals surface area contributed by atoms with Crippen molar-refractivity contribution in [3.63, 3.8) is 0 Å². The summed E-state index contributed by atoms with van der Waals surface area (Å²) in [6.07, 6.45) is 1.48. The average molecular weight is 342 g/mol. The standard InChI is InChI=1S/C17H16ClN5O/c1-10(2)23-17(24)15(18)12(9-20-23)11(8-19)16-21-13-6-4-5-7-14(13)22(16)3/h4-7,9-11H,1-3H3. The highest BCUT2D eigenvalue weighted by Gasteiger charge is 2.25. The van der Waals surface area contributed by atoms with Crippen molar-refractivity contribution in [2.24, 2.45) is 7.05 Å². The van der Waals surface area contributed by atoms with E-state index in [1.165, 1.54) is 10.9 Å². The number of imidazole rings is 1. The fourth-order valence-corrected chi connectivity index (χ4v) is 2.96. The largest absolute Gasteiger partial charge is 0.330 e. The zero-order chi connectivity index (χ0) is 17.4. The number of halogens is 1. The highest BCUT2D eigenvalue weighted by Crippen LogP contribution is 2.29. The minimum atomic E-state index is -0.767. The van der Waals surface area contributed by atoms with Crippen LogP contribution < -0.4 is 5.56 Å². The van der Waals surface area contributed by atoms with Crippen LogP contribution in [0.2, 0.25) is 5.02 Å². The van der Waals surface area contributed by atoms with Gasteiger partial charge in [0.1, 0.15) is 16.8 Å². The molecule has 3 rings (SSSR count). The molecule has 0 saturated carbocycles. The fourth-order valence-electron chi connectivity index (χ4n) is 2.72. The predicted molar refractivity (Wildman–Crippen MR) is 92.1 cm³/mol. The van der Waals surface area contributed by atoms with Gasteiger partial charge in [-0.2, -0.15) is 10.4 Å². The summed E-state index contributed by atoms with van der Waals surface area (Å²) in [5, 5.41) is 13.8. The first kappa shape index (κ1) is 16.2. The van der Waals surface area contributed by atoms with Gasteiger partial charge in [0, 0.05) is 12.6 Å². The molecule has 0 N–H and O–H groups in total. The van der Waals surface area contributed by atoms with Crippen LogP contribution >= 0.6 is 11.6 Å². The van der Waals surface area contributed by atoms with E-state index in [0.717, 1.165) is 11.0 Å². The van der Waals surface area contributed by atoms with E-state index in [9.17, 15) is 10.1 Å². The van der Waals surface area contributed by atoms with Gasteiger partial charge in [0.25, 0.3) is 5.56 Å². The monoisotopic (exact) mass is 341 g/mol. The molecule has 0 amide bonds. The first-order valence-electron chi connectivity index (χ1n) is 7.54. The highest BCUT2D eigenvalue weighted by atomic mass is 35.5. The maximum Gasteiger partial charge on any atom is 0.286 e. The van der Waals surface area contributed by atoms with Crippen LogP contribution in [0.3, 0.4) is 0 Å². The van der Waals surface area contributed by atoms with Gasteiger partial charge in [0.15, 0.2) is 0 Å². The van der Waals surface area contributed by atoms with Crippen molar-refractivity contribution in [1.29, 1.82) is 5.26 Å². The van der Waals surface area contributed by atoms with E-state index in [-0.39, 0.29) is 11.1 Å². The van der Waals surface area contributed by atoms with Crippen molar-refractivity contribution in [2.75, 3.05) is 0 Å². The Hall–Kier alpha value is -2.65. The van der Waals surface area contributed by atoms with Gasteiger partial charge in [-0.1, -0.05) is 23.7 Å². The molecular weight excluding hydrogens is 326 g/mol. The Morgan fingerprint density at radius 3 is 2.62 bits per heavy atom. The van der Waals surface area contributed by atoms with Crippen LogP contribution in [-0.4, -0.2) is 19.3 Å². The number of benzene rings is 1. The summed E-state index contributed by atoms with van der Waals surface area (Å²) >= 11 is 6.26. The molecule has 3 aromatic rings. The lowest BCUT2D eigenvalue weighted by Crippen LogP contribution is -2.26. The molecule has 0 aliphatic rings. The van der Waals surface area contributed by atoms with Gasteiger partial charge in [-0.15, -0.1) is 0 Å². The molecule has 1 unspecified atom stereocenters. The van der Waals surface area contributed by atoms with Gasteiger partial charge < -0.3 is 4.57 Å². The quantitative estimate of drug-likeness (QED) is 0.733. The topological polar surface area (TPSA) is 76.5 Å². The molecule has 1 atom stereocenters. The number of para-hydroxylation sites is 2. The van der Waals surface area contributed by atoms with Crippen molar-refractivity contribution in [1.82, 2.24) is 19.3 Å². The Bertz CT molecular complexity index is 1010. The first-order chi connectivity index (χ1) is 11.5. The second-order valence-electron chi connectivity index (χ2n) is 5.84. The molecule has 1 aromatic carbocycles. The van der Waals surface area contributed by atoms with Crippen molar-refractivity contribution >= 4 is 22.6 Å². The third-order valence-electron chi connectivity index (χ3n) is 3.98. The van der Waals surface area contributed by atoms with Crippen LogP contribution in [0.15, 0.2) is 35.3 Å². The number of rotatable bonds is 3. The lowest BCUT2D eigenvalue weighted by atomic mass is 10.0. The second-order valence-corrected chi connectivity index (χ2v) is 6.22. The summed E-state index contributed by atoms with van der Waals surface area (Å²) in [6.45, 7) is 3.69. The highest BCUT2D eigenvalue weighted by molar-refractivity contribution is 6.31. The number of nitriles is 1. The van der Waals surface area contributed by atoms with Crippen molar-refractivity contribution in [2.45, 2.75) is 25.8 Å². The summed E-state index contributed by atoms with van der Waals surface area (Å²) in [5.74, 6) is -0.235. The number of hydrogen-bond donors (Lipinski definition) is 0. The van der Waals surface area contributed by atoms with Gasteiger partial charge in [0.05, 0.1) is 29.3 Å². The average Bonchev–Trinajstić information content (AvgIpc) is 2.89. The minimum Gasteiger partial charge on any atom is -0.330 e. The summed E-state index contributed by atoms with van der Waals surface area (Å²) in [7, 11) is 1.84. The van der Waals surface area contributed by atoms with Gasteiger partial charge in [-0.05, 0) is 26.0 Å². The molecule has 2 aromatic heterocycles. The van der Waals surface area contributed by atoms with E-state index in [1.54, 1.807) is 0 Å². The molecule has 24 heavy (non-hydrogen) atoms. The first-order valence-corrected chi connectivity index (χ1v) is 7.91. The van der Waals surface area contributed by atoms with Crippen LogP contribution in [0.1, 0.15) is 37.2 Å². The summed E-state index contributed by atoms with van der Waals surface area (Å²) < 4.78 is 3.14. The van der Waals surface area contributed by atoms with Crippen LogP contribution in [0, 0.1) is 11.3 Å². The summed E-state index contributed by atoms with van der Waals surface area (Å²) in [6, 6.07) is 9.69. The van der Waals surface area contributed by atoms with Gasteiger partial charge in [0.2, 0.25) is 0 Å². The van der Waals surface area contributed by atoms with Gasteiger partial charge in [-0.3, -0.25) is 4.79 Å². The third kappa shape index (κ3) is 2.47. The minimum absolute atomic E-state index is 0.0114. The molecule has 0 radical (unpaired) electrons. The van der Waals surface area contributed by atoms with E-state index in [0.29, 0.717) is 11.4 Å². The molecule has 6 nitrogen and oxygen atoms in total. The Labute approximate surface area is 143 Å². The third-order valence-corrected chi connectivity index (χ3v) is 4.36. The number of aromatic nitrogens is 4. The molecule has 0 saturated heterocycles. The van der Waals surface area contributed by atoms with E-state index in [1.807, 2.05) is 49.7 Å². The lowest BCUT2D eigenvalue weighted by molar-refractivity contribution is 0.500. The molecule has 0 aliphatic heterocycles. The van der Waals surface area contributed by atoms with E-state index < -0.39 is 11.5 Å². The summed E-state index contributed by atoms with van der Waals surface area (Å²) in [5.41, 5.74) is 1.67. The van der Waals surface area contributed by atoms with Crippen molar-refractivity contribution in [3.8, 4) is 6.07 Å². The van der Waals surface area contributed by atoms with Crippen LogP contribution in [0.4, 0.5) is 0 Å². The molecule has 0 spiro atoms. The maximum absolute atomic E-state index is 12.4. The van der Waals surface area contributed by atoms with E-state index in [2.05, 4.69) is 16.2 Å².